The van der Waals surface area contributed by atoms with E-state index < -0.39 is 0 Å². The van der Waals surface area contributed by atoms with Gasteiger partial charge in [0.25, 0.3) is 0 Å². The summed E-state index contributed by atoms with van der Waals surface area (Å²) in [5.41, 5.74) is 7.97. The lowest BCUT2D eigenvalue weighted by Crippen LogP contribution is -2.39. The fraction of sp³-hybridized carbons (Fsp3) is 0.900. The molecule has 1 unspecified atom stereocenters. The number of hydrazine groups is 1. The van der Waals surface area contributed by atoms with Gasteiger partial charge in [0.2, 0.25) is 5.96 Å². The van der Waals surface area contributed by atoms with Gasteiger partial charge in [0.1, 0.15) is 0 Å². The highest BCUT2D eigenvalue weighted by Crippen LogP contribution is 2.29. The molecule has 1 fully saturated rings. The van der Waals surface area contributed by atoms with Crippen LogP contribution in [0.5, 0.6) is 0 Å². The predicted octanol–water partition coefficient (Wildman–Crippen LogP) is 1.12. The molecular formula is C10H22N4. The lowest BCUT2D eigenvalue weighted by atomic mass is 9.83. The van der Waals surface area contributed by atoms with E-state index in [9.17, 15) is 0 Å². The molecule has 1 rings (SSSR count). The molecule has 14 heavy (non-hydrogen) atoms. The van der Waals surface area contributed by atoms with Crippen molar-refractivity contribution in [1.82, 2.24) is 5.43 Å². The van der Waals surface area contributed by atoms with Crippen LogP contribution >= 0.6 is 0 Å². The summed E-state index contributed by atoms with van der Waals surface area (Å²) in [6, 6.07) is 0.353. The molecule has 0 saturated heterocycles. The van der Waals surface area contributed by atoms with Crippen molar-refractivity contribution in [3.63, 3.8) is 0 Å². The third-order valence-electron chi connectivity index (χ3n) is 3.07. The van der Waals surface area contributed by atoms with Crippen molar-refractivity contribution >= 4 is 5.96 Å². The number of guanidine groups is 1. The molecule has 0 heterocycles. The van der Waals surface area contributed by atoms with E-state index in [1.807, 2.05) is 0 Å². The van der Waals surface area contributed by atoms with Gasteiger partial charge in [-0.2, -0.15) is 0 Å². The van der Waals surface area contributed by atoms with Crippen LogP contribution in [0.3, 0.4) is 0 Å². The maximum Gasteiger partial charge on any atom is 0.203 e. The first-order valence-electron chi connectivity index (χ1n) is 5.57. The van der Waals surface area contributed by atoms with Crippen LogP contribution in [-0.4, -0.2) is 12.0 Å². The zero-order chi connectivity index (χ0) is 10.4. The van der Waals surface area contributed by atoms with Crippen LogP contribution in [0.25, 0.3) is 0 Å². The fourth-order valence-corrected chi connectivity index (χ4v) is 2.26. The topological polar surface area (TPSA) is 76.4 Å². The first-order valence-corrected chi connectivity index (χ1v) is 5.57. The highest BCUT2D eigenvalue weighted by Gasteiger charge is 2.21. The van der Waals surface area contributed by atoms with Crippen molar-refractivity contribution in [2.24, 2.45) is 22.5 Å². The van der Waals surface area contributed by atoms with E-state index in [0.29, 0.717) is 17.9 Å². The summed E-state index contributed by atoms with van der Waals surface area (Å²) < 4.78 is 0. The van der Waals surface area contributed by atoms with E-state index in [2.05, 4.69) is 17.3 Å². The van der Waals surface area contributed by atoms with E-state index in [-0.39, 0.29) is 0 Å². The summed E-state index contributed by atoms with van der Waals surface area (Å²) >= 11 is 0. The maximum atomic E-state index is 5.57. The van der Waals surface area contributed by atoms with Gasteiger partial charge < -0.3 is 5.73 Å². The molecule has 4 heteroatoms. The first kappa shape index (κ1) is 11.3. The van der Waals surface area contributed by atoms with Gasteiger partial charge in [0, 0.05) is 0 Å². The Hall–Kier alpha value is -0.770. The van der Waals surface area contributed by atoms with Gasteiger partial charge in [-0.15, -0.1) is 0 Å². The summed E-state index contributed by atoms with van der Waals surface area (Å²) in [5.74, 6) is 6.27. The van der Waals surface area contributed by atoms with Gasteiger partial charge in [-0.1, -0.05) is 26.2 Å². The van der Waals surface area contributed by atoms with Crippen LogP contribution in [0, 0.1) is 5.92 Å². The van der Waals surface area contributed by atoms with E-state index in [0.717, 1.165) is 6.42 Å². The van der Waals surface area contributed by atoms with Gasteiger partial charge >= 0.3 is 0 Å². The second-order valence-corrected chi connectivity index (χ2v) is 4.03. The van der Waals surface area contributed by atoms with E-state index >= 15 is 0 Å². The van der Waals surface area contributed by atoms with Crippen molar-refractivity contribution in [2.75, 3.05) is 0 Å². The van der Waals surface area contributed by atoms with Crippen LogP contribution in [-0.2, 0) is 0 Å². The zero-order valence-electron chi connectivity index (χ0n) is 9.00. The van der Waals surface area contributed by atoms with Gasteiger partial charge in [-0.05, 0) is 25.2 Å². The molecule has 1 saturated carbocycles. The fourth-order valence-electron chi connectivity index (χ4n) is 2.26. The van der Waals surface area contributed by atoms with Crippen LogP contribution in [0.4, 0.5) is 0 Å². The van der Waals surface area contributed by atoms with Crippen LogP contribution in [0.2, 0.25) is 0 Å². The SMILES string of the molecule is CCC(N=C(N)NN)C1CCCCC1. The number of rotatable bonds is 3. The standard InChI is InChI=1S/C10H22N4/c1-2-9(13-10(11)14-12)8-6-4-3-5-7-8/h8-9H,2-7,12H2,1H3,(H3,11,13,14). The van der Waals surface area contributed by atoms with Crippen molar-refractivity contribution in [1.29, 1.82) is 0 Å². The summed E-state index contributed by atoms with van der Waals surface area (Å²) in [7, 11) is 0. The minimum atomic E-state index is 0.353. The zero-order valence-corrected chi connectivity index (χ0v) is 9.00. The number of nitrogens with one attached hydrogen (secondary N) is 1. The lowest BCUT2D eigenvalue weighted by molar-refractivity contribution is 0.301. The Labute approximate surface area is 86.1 Å². The molecule has 0 radical (unpaired) electrons. The Kier molecular flexibility index (Phi) is 4.73. The minimum absolute atomic E-state index is 0.353. The predicted molar refractivity (Wildman–Crippen MR) is 59.6 cm³/mol. The quantitative estimate of drug-likeness (QED) is 0.275. The van der Waals surface area contributed by atoms with Crippen LogP contribution < -0.4 is 17.0 Å². The Morgan fingerprint density at radius 3 is 2.57 bits per heavy atom. The number of nitrogens with zero attached hydrogens (tertiary/aromatic N) is 1. The van der Waals surface area contributed by atoms with Gasteiger partial charge in [0.05, 0.1) is 6.04 Å². The molecule has 0 aromatic carbocycles. The van der Waals surface area contributed by atoms with E-state index in [4.69, 9.17) is 11.6 Å². The Morgan fingerprint density at radius 1 is 1.43 bits per heavy atom. The first-order chi connectivity index (χ1) is 6.77. The van der Waals surface area contributed by atoms with E-state index in [1.165, 1.54) is 32.1 Å². The Bertz CT molecular complexity index is 185. The Morgan fingerprint density at radius 2 is 2.07 bits per heavy atom. The molecule has 1 aliphatic rings. The lowest BCUT2D eigenvalue weighted by Gasteiger charge is -2.27. The third kappa shape index (κ3) is 3.18. The molecular weight excluding hydrogens is 176 g/mol. The molecule has 0 aromatic heterocycles. The molecule has 1 aliphatic carbocycles. The molecule has 0 aromatic rings. The van der Waals surface area contributed by atoms with Crippen LogP contribution in [0.1, 0.15) is 45.4 Å². The third-order valence-corrected chi connectivity index (χ3v) is 3.07. The number of hydrogen-bond donors (Lipinski definition) is 3. The Balaban J connectivity index is 2.51. The molecule has 0 bridgehead atoms. The second-order valence-electron chi connectivity index (χ2n) is 4.03. The number of nitrogens with two attached hydrogens (primary N) is 2. The number of aliphatic imine (C=N–C) groups is 1. The van der Waals surface area contributed by atoms with Gasteiger partial charge in [-0.25, -0.2) is 10.8 Å². The monoisotopic (exact) mass is 198 g/mol. The second kappa shape index (κ2) is 5.86. The molecule has 82 valence electrons. The summed E-state index contributed by atoms with van der Waals surface area (Å²) in [4.78, 5) is 4.40. The highest BCUT2D eigenvalue weighted by atomic mass is 15.3. The molecule has 1 atom stereocenters. The molecule has 5 N–H and O–H groups in total. The van der Waals surface area contributed by atoms with Gasteiger partial charge in [-0.3, -0.25) is 5.43 Å². The summed E-state index contributed by atoms with van der Waals surface area (Å²) in [6.45, 7) is 2.16. The molecule has 0 amide bonds. The number of hydrogen-bond acceptors (Lipinski definition) is 2. The maximum absolute atomic E-state index is 5.57. The summed E-state index contributed by atoms with van der Waals surface area (Å²) in [6.07, 6.45) is 7.69. The highest BCUT2D eigenvalue weighted by molar-refractivity contribution is 5.77. The van der Waals surface area contributed by atoms with Crippen molar-refractivity contribution in [3.05, 3.63) is 0 Å². The van der Waals surface area contributed by atoms with Crippen molar-refractivity contribution in [3.8, 4) is 0 Å². The molecule has 0 spiro atoms. The minimum Gasteiger partial charge on any atom is -0.369 e. The largest absolute Gasteiger partial charge is 0.369 e. The van der Waals surface area contributed by atoms with Crippen LogP contribution in [0.15, 0.2) is 4.99 Å². The normalized spacial score (nSPS) is 22.0. The molecule has 4 nitrogen and oxygen atoms in total. The van der Waals surface area contributed by atoms with Gasteiger partial charge in [0.15, 0.2) is 0 Å². The molecule has 0 aliphatic heterocycles. The smallest absolute Gasteiger partial charge is 0.203 e. The van der Waals surface area contributed by atoms with E-state index in [1.54, 1.807) is 0 Å². The van der Waals surface area contributed by atoms with Crippen molar-refractivity contribution < 1.29 is 0 Å². The summed E-state index contributed by atoms with van der Waals surface area (Å²) in [5, 5.41) is 0. The van der Waals surface area contributed by atoms with Crippen molar-refractivity contribution in [2.45, 2.75) is 51.5 Å². The average molecular weight is 198 g/mol. The average Bonchev–Trinajstić information content (AvgIpc) is 2.26.